The molecular weight excluding hydrogens is 536 g/mol. The van der Waals surface area contributed by atoms with Crippen LogP contribution in [0.5, 0.6) is 0 Å². The minimum atomic E-state index is -4.00. The number of hydrogen-bond acceptors (Lipinski definition) is 7. The highest BCUT2D eigenvalue weighted by atomic mass is 79.9. The van der Waals surface area contributed by atoms with Crippen LogP contribution in [-0.2, 0) is 24.2 Å². The molecule has 0 radical (unpaired) electrons. The van der Waals surface area contributed by atoms with Gasteiger partial charge in [0.15, 0.2) is 21.3 Å². The Balaban J connectivity index is 1.78. The van der Waals surface area contributed by atoms with Crippen LogP contribution in [0.25, 0.3) is 0 Å². The third-order valence-corrected chi connectivity index (χ3v) is 10.6. The van der Waals surface area contributed by atoms with Gasteiger partial charge in [0.25, 0.3) is 17.7 Å². The molecule has 0 spiro atoms. The third-order valence-electron chi connectivity index (χ3n) is 5.38. The number of fused-ring (bicyclic) bond motifs is 2. The molecule has 12 heteroatoms. The fourth-order valence-electron chi connectivity index (χ4n) is 4.11. The Morgan fingerprint density at radius 1 is 1.21 bits per heavy atom. The van der Waals surface area contributed by atoms with Crippen molar-refractivity contribution < 1.29 is 32.3 Å². The summed E-state index contributed by atoms with van der Waals surface area (Å²) in [5.41, 5.74) is 0.216. The lowest BCUT2D eigenvalue weighted by molar-refractivity contribution is -0.167. The van der Waals surface area contributed by atoms with Gasteiger partial charge in [0.05, 0.1) is 28.3 Å². The van der Waals surface area contributed by atoms with E-state index in [1.807, 2.05) is 0 Å². The van der Waals surface area contributed by atoms with Crippen LogP contribution >= 0.6 is 31.9 Å². The zero-order chi connectivity index (χ0) is 21.3. The van der Waals surface area contributed by atoms with Crippen LogP contribution < -0.4 is 0 Å². The zero-order valence-electron chi connectivity index (χ0n) is 14.9. The molecule has 2 saturated heterocycles. The molecule has 3 amide bonds. The van der Waals surface area contributed by atoms with Crippen LogP contribution in [-0.4, -0.2) is 81.9 Å². The first-order valence-corrected chi connectivity index (χ1v) is 12.1. The standard InChI is InChI=1S/C17H14Br2N2O7S/c1-28-16(25)11-17(19,6-18)7-29(26,27)15-10(14(24)21(11)15)20-12(22)8-4-2-3-5-9(8)13(20)23/h2-5,10-11,15H,6-7H2,1H3/t10-,11+,15-,17-/m1/s1. The topological polar surface area (TPSA) is 118 Å². The monoisotopic (exact) mass is 548 g/mol. The number of ether oxygens (including phenoxy) is 1. The largest absolute Gasteiger partial charge is 0.467 e. The summed E-state index contributed by atoms with van der Waals surface area (Å²) in [4.78, 5) is 52.5. The second-order valence-corrected chi connectivity index (χ2v) is 11.2. The first-order valence-electron chi connectivity index (χ1n) is 8.42. The van der Waals surface area contributed by atoms with Crippen LogP contribution in [0.2, 0.25) is 0 Å². The molecular formula is C17H14Br2N2O7S. The van der Waals surface area contributed by atoms with Gasteiger partial charge in [0, 0.05) is 5.33 Å². The fraction of sp³-hybridized carbons (Fsp3) is 0.412. The van der Waals surface area contributed by atoms with Crippen LogP contribution in [0, 0.1) is 0 Å². The normalized spacial score (nSPS) is 32.5. The molecule has 2 fully saturated rings. The van der Waals surface area contributed by atoms with Crippen molar-refractivity contribution in [1.29, 1.82) is 0 Å². The Hall–Kier alpha value is -1.79. The smallest absolute Gasteiger partial charge is 0.330 e. The molecule has 9 nitrogen and oxygen atoms in total. The molecule has 3 heterocycles. The van der Waals surface area contributed by atoms with Gasteiger partial charge in [-0.15, -0.1) is 0 Å². The third kappa shape index (κ3) is 2.65. The quantitative estimate of drug-likeness (QED) is 0.230. The van der Waals surface area contributed by atoms with Crippen LogP contribution in [0.3, 0.4) is 0 Å². The van der Waals surface area contributed by atoms with Crippen LogP contribution in [0.4, 0.5) is 0 Å². The van der Waals surface area contributed by atoms with Crippen molar-refractivity contribution >= 4 is 65.4 Å². The number of carbonyl (C=O) groups is 4. The van der Waals surface area contributed by atoms with Crippen molar-refractivity contribution in [1.82, 2.24) is 9.80 Å². The number of halogens is 2. The molecule has 0 aliphatic carbocycles. The average molecular weight is 550 g/mol. The van der Waals surface area contributed by atoms with Gasteiger partial charge in [-0.05, 0) is 12.1 Å². The molecule has 1 aromatic carbocycles. The minimum Gasteiger partial charge on any atom is -0.467 e. The highest BCUT2D eigenvalue weighted by Crippen LogP contribution is 2.46. The Bertz CT molecular complexity index is 1040. The maximum atomic E-state index is 13.0. The molecule has 0 aromatic heterocycles. The van der Waals surface area contributed by atoms with Crippen LogP contribution in [0.1, 0.15) is 20.7 Å². The molecule has 4 atom stereocenters. The number of carbonyl (C=O) groups excluding carboxylic acids is 4. The number of alkyl halides is 2. The number of hydrogen-bond donors (Lipinski definition) is 0. The van der Waals surface area contributed by atoms with Crippen molar-refractivity contribution in [2.75, 3.05) is 18.2 Å². The Morgan fingerprint density at radius 2 is 1.76 bits per heavy atom. The van der Waals surface area contributed by atoms with Gasteiger partial charge >= 0.3 is 5.97 Å². The van der Waals surface area contributed by atoms with Gasteiger partial charge in [0.1, 0.15) is 6.04 Å². The SMILES string of the molecule is COC(=O)[C@@H]1N2C(=O)[C@@H](N3C(=O)c4ccccc4C3=O)[C@H]2S(=O)(=O)C[C@]1(Br)CBr. The number of methoxy groups -OCH3 is 1. The molecule has 1 aromatic rings. The van der Waals surface area contributed by atoms with E-state index in [4.69, 9.17) is 4.74 Å². The lowest BCUT2D eigenvalue weighted by Gasteiger charge is -2.57. The van der Waals surface area contributed by atoms with Gasteiger partial charge in [0.2, 0.25) is 0 Å². The Morgan fingerprint density at radius 3 is 2.24 bits per heavy atom. The van der Waals surface area contributed by atoms with E-state index >= 15 is 0 Å². The molecule has 3 aliphatic rings. The van der Waals surface area contributed by atoms with Gasteiger partial charge < -0.3 is 9.64 Å². The number of esters is 1. The summed E-state index contributed by atoms with van der Waals surface area (Å²) >= 11 is 6.48. The molecule has 4 rings (SSSR count). The van der Waals surface area contributed by atoms with E-state index in [1.54, 1.807) is 12.1 Å². The summed E-state index contributed by atoms with van der Waals surface area (Å²) in [6.45, 7) is 0. The molecule has 29 heavy (non-hydrogen) atoms. The first-order chi connectivity index (χ1) is 13.6. The van der Waals surface area contributed by atoms with Crippen molar-refractivity contribution in [2.45, 2.75) is 21.8 Å². The average Bonchev–Trinajstić information content (AvgIpc) is 2.93. The number of imide groups is 1. The number of amides is 3. The van der Waals surface area contributed by atoms with E-state index in [0.29, 0.717) is 4.90 Å². The maximum absolute atomic E-state index is 13.0. The van der Waals surface area contributed by atoms with E-state index in [9.17, 15) is 27.6 Å². The predicted molar refractivity (Wildman–Crippen MR) is 106 cm³/mol. The lowest BCUT2D eigenvalue weighted by Crippen LogP contribution is -2.83. The summed E-state index contributed by atoms with van der Waals surface area (Å²) in [6, 6.07) is 3.27. The first kappa shape index (κ1) is 20.5. The van der Waals surface area contributed by atoms with E-state index in [0.717, 1.165) is 12.0 Å². The van der Waals surface area contributed by atoms with E-state index in [-0.39, 0.29) is 16.5 Å². The minimum absolute atomic E-state index is 0.0488. The molecule has 0 saturated carbocycles. The molecule has 154 valence electrons. The fourth-order valence-corrected chi connectivity index (χ4v) is 8.54. The number of benzene rings is 1. The second-order valence-electron chi connectivity index (χ2n) is 7.01. The number of nitrogens with zero attached hydrogens (tertiary/aromatic N) is 2. The van der Waals surface area contributed by atoms with E-state index < -0.39 is 61.1 Å². The van der Waals surface area contributed by atoms with Crippen molar-refractivity contribution in [3.05, 3.63) is 35.4 Å². The Kier molecular flexibility index (Phi) is 4.67. The number of rotatable bonds is 3. The highest BCUT2D eigenvalue weighted by molar-refractivity contribution is 9.12. The highest BCUT2D eigenvalue weighted by Gasteiger charge is 2.70. The number of sulfone groups is 1. The van der Waals surface area contributed by atoms with Gasteiger partial charge in [-0.25, -0.2) is 13.2 Å². The molecule has 0 unspecified atom stereocenters. The summed E-state index contributed by atoms with van der Waals surface area (Å²) in [6.07, 6.45) is 0. The summed E-state index contributed by atoms with van der Waals surface area (Å²) in [5, 5.41) is -1.46. The van der Waals surface area contributed by atoms with Gasteiger partial charge in [-0.1, -0.05) is 44.0 Å². The van der Waals surface area contributed by atoms with Crippen molar-refractivity contribution in [3.63, 3.8) is 0 Å². The molecule has 3 aliphatic heterocycles. The predicted octanol–water partition coefficient (Wildman–Crippen LogP) is 0.318. The van der Waals surface area contributed by atoms with Crippen molar-refractivity contribution in [2.24, 2.45) is 0 Å². The van der Waals surface area contributed by atoms with Gasteiger partial charge in [-0.3, -0.25) is 19.3 Å². The Labute approximate surface area is 182 Å². The number of β-lactam (4-membered cyclic amide) rings is 1. The maximum Gasteiger partial charge on any atom is 0.330 e. The van der Waals surface area contributed by atoms with E-state index in [1.165, 1.54) is 12.1 Å². The van der Waals surface area contributed by atoms with Crippen LogP contribution in [0.15, 0.2) is 24.3 Å². The molecule has 0 N–H and O–H groups in total. The lowest BCUT2D eigenvalue weighted by atomic mass is 9.93. The second kappa shape index (κ2) is 6.61. The summed E-state index contributed by atoms with van der Waals surface area (Å²) in [7, 11) is -2.86. The van der Waals surface area contributed by atoms with Crippen molar-refractivity contribution in [3.8, 4) is 0 Å². The molecule has 0 bridgehead atoms. The summed E-state index contributed by atoms with van der Waals surface area (Å²) in [5.74, 6) is -3.54. The van der Waals surface area contributed by atoms with E-state index in [2.05, 4.69) is 31.9 Å². The summed E-state index contributed by atoms with van der Waals surface area (Å²) < 4.78 is 29.5. The van der Waals surface area contributed by atoms with Gasteiger partial charge in [-0.2, -0.15) is 0 Å². The zero-order valence-corrected chi connectivity index (χ0v) is 18.9.